The molecule has 0 fully saturated rings. The van der Waals surface area contributed by atoms with Gasteiger partial charge in [-0.2, -0.15) is 5.48 Å². The van der Waals surface area contributed by atoms with Crippen molar-refractivity contribution in [3.63, 3.8) is 0 Å². The SMILES string of the molecule is NC(=O)CONCc1cc2ccccc2[nH]c1=O. The molecule has 0 spiro atoms. The van der Waals surface area contributed by atoms with Crippen LogP contribution in [0, 0.1) is 0 Å². The molecular formula is C12H13N3O3. The summed E-state index contributed by atoms with van der Waals surface area (Å²) >= 11 is 0. The molecule has 18 heavy (non-hydrogen) atoms. The molecule has 0 saturated heterocycles. The van der Waals surface area contributed by atoms with E-state index < -0.39 is 5.91 Å². The lowest BCUT2D eigenvalue weighted by atomic mass is 10.1. The van der Waals surface area contributed by atoms with Crippen molar-refractivity contribution < 1.29 is 9.63 Å². The molecule has 2 rings (SSSR count). The molecule has 1 heterocycles. The second kappa shape index (κ2) is 5.44. The third-order valence-corrected chi connectivity index (χ3v) is 2.41. The molecule has 0 atom stereocenters. The monoisotopic (exact) mass is 247 g/mol. The fourth-order valence-electron chi connectivity index (χ4n) is 1.57. The summed E-state index contributed by atoms with van der Waals surface area (Å²) in [5, 5.41) is 0.934. The summed E-state index contributed by atoms with van der Waals surface area (Å²) in [6.45, 7) is -0.0288. The van der Waals surface area contributed by atoms with Crippen molar-refractivity contribution in [2.24, 2.45) is 5.73 Å². The molecule has 0 saturated carbocycles. The van der Waals surface area contributed by atoms with Crippen LogP contribution >= 0.6 is 0 Å². The van der Waals surface area contributed by atoms with Crippen molar-refractivity contribution in [1.29, 1.82) is 0 Å². The van der Waals surface area contributed by atoms with Gasteiger partial charge in [-0.15, -0.1) is 0 Å². The molecule has 6 heteroatoms. The highest BCUT2D eigenvalue weighted by atomic mass is 16.6. The highest BCUT2D eigenvalue weighted by molar-refractivity contribution is 5.78. The number of hydrogen-bond acceptors (Lipinski definition) is 4. The van der Waals surface area contributed by atoms with Gasteiger partial charge in [-0.3, -0.25) is 14.4 Å². The number of para-hydroxylation sites is 1. The van der Waals surface area contributed by atoms with Gasteiger partial charge < -0.3 is 10.7 Å². The topological polar surface area (TPSA) is 97.2 Å². The standard InChI is InChI=1S/C12H13N3O3/c13-11(16)7-18-14-6-9-5-8-3-1-2-4-10(8)15-12(9)17/h1-5,14H,6-7H2,(H2,13,16)(H,15,17). The maximum absolute atomic E-state index is 11.7. The number of H-pyrrole nitrogens is 1. The van der Waals surface area contributed by atoms with Crippen LogP contribution in [0.3, 0.4) is 0 Å². The van der Waals surface area contributed by atoms with Crippen molar-refractivity contribution >= 4 is 16.8 Å². The first-order valence-electron chi connectivity index (χ1n) is 5.41. The van der Waals surface area contributed by atoms with Gasteiger partial charge in [0.25, 0.3) is 5.56 Å². The Hall–Kier alpha value is -2.18. The van der Waals surface area contributed by atoms with Gasteiger partial charge >= 0.3 is 0 Å². The Balaban J connectivity index is 2.11. The molecule has 0 aliphatic rings. The normalized spacial score (nSPS) is 10.7. The Morgan fingerprint density at radius 1 is 1.39 bits per heavy atom. The van der Waals surface area contributed by atoms with Gasteiger partial charge in [0.1, 0.15) is 6.61 Å². The summed E-state index contributed by atoms with van der Waals surface area (Å²) in [4.78, 5) is 29.7. The number of fused-ring (bicyclic) bond motifs is 1. The van der Waals surface area contributed by atoms with Crippen LogP contribution in [0.15, 0.2) is 35.1 Å². The first-order valence-corrected chi connectivity index (χ1v) is 5.41. The minimum absolute atomic E-state index is 0.191. The van der Waals surface area contributed by atoms with E-state index in [1.165, 1.54) is 0 Å². The van der Waals surface area contributed by atoms with Gasteiger partial charge in [0.2, 0.25) is 5.91 Å². The number of rotatable bonds is 5. The average molecular weight is 247 g/mol. The summed E-state index contributed by atoms with van der Waals surface area (Å²) in [5.41, 5.74) is 8.54. The minimum Gasteiger partial charge on any atom is -0.368 e. The van der Waals surface area contributed by atoms with E-state index in [-0.39, 0.29) is 18.7 Å². The van der Waals surface area contributed by atoms with Gasteiger partial charge in [-0.25, -0.2) is 0 Å². The van der Waals surface area contributed by atoms with Gasteiger partial charge in [-0.1, -0.05) is 18.2 Å². The molecule has 1 aromatic carbocycles. The zero-order valence-electron chi connectivity index (χ0n) is 9.60. The lowest BCUT2D eigenvalue weighted by molar-refractivity contribution is -0.125. The first-order chi connectivity index (χ1) is 8.66. The molecule has 0 radical (unpaired) electrons. The van der Waals surface area contributed by atoms with Gasteiger partial charge in [0.05, 0.1) is 6.54 Å². The predicted molar refractivity (Wildman–Crippen MR) is 66.6 cm³/mol. The second-order valence-corrected chi connectivity index (χ2v) is 3.79. The van der Waals surface area contributed by atoms with E-state index in [0.717, 1.165) is 10.9 Å². The number of pyridine rings is 1. The maximum atomic E-state index is 11.7. The number of primary amides is 1. The fraction of sp³-hybridized carbons (Fsp3) is 0.167. The van der Waals surface area contributed by atoms with Crippen LogP contribution in [0.5, 0.6) is 0 Å². The molecule has 94 valence electrons. The third kappa shape index (κ3) is 2.93. The van der Waals surface area contributed by atoms with E-state index in [2.05, 4.69) is 10.5 Å². The lowest BCUT2D eigenvalue weighted by Gasteiger charge is -2.05. The van der Waals surface area contributed by atoms with Crippen LogP contribution in [0.1, 0.15) is 5.56 Å². The van der Waals surface area contributed by atoms with Crippen LogP contribution in [0.4, 0.5) is 0 Å². The van der Waals surface area contributed by atoms with E-state index >= 15 is 0 Å². The molecule has 0 aliphatic heterocycles. The number of aromatic amines is 1. The Morgan fingerprint density at radius 3 is 2.94 bits per heavy atom. The molecule has 1 amide bonds. The number of benzene rings is 1. The van der Waals surface area contributed by atoms with Crippen molar-refractivity contribution in [3.8, 4) is 0 Å². The van der Waals surface area contributed by atoms with Crippen LogP contribution in [0.2, 0.25) is 0 Å². The fourth-order valence-corrected chi connectivity index (χ4v) is 1.57. The van der Waals surface area contributed by atoms with Crippen molar-refractivity contribution in [3.05, 3.63) is 46.2 Å². The molecule has 0 unspecified atom stereocenters. The molecule has 1 aromatic heterocycles. The largest absolute Gasteiger partial charge is 0.368 e. The summed E-state index contributed by atoms with van der Waals surface area (Å²) in [5.74, 6) is -0.574. The van der Waals surface area contributed by atoms with E-state index in [4.69, 9.17) is 10.6 Å². The quantitative estimate of drug-likeness (QED) is 0.513. The number of nitrogens with two attached hydrogens (primary N) is 1. The van der Waals surface area contributed by atoms with E-state index in [9.17, 15) is 9.59 Å². The summed E-state index contributed by atoms with van der Waals surface area (Å²) < 4.78 is 0. The highest BCUT2D eigenvalue weighted by Gasteiger charge is 2.02. The Kier molecular flexibility index (Phi) is 3.71. The zero-order chi connectivity index (χ0) is 13.0. The van der Waals surface area contributed by atoms with Crippen LogP contribution in [-0.2, 0) is 16.2 Å². The Labute approximate surface area is 103 Å². The number of amides is 1. The lowest BCUT2D eigenvalue weighted by Crippen LogP contribution is -2.26. The van der Waals surface area contributed by atoms with Crippen molar-refractivity contribution in [2.45, 2.75) is 6.54 Å². The van der Waals surface area contributed by atoms with Gasteiger partial charge in [0.15, 0.2) is 0 Å². The maximum Gasteiger partial charge on any atom is 0.253 e. The molecule has 0 bridgehead atoms. The average Bonchev–Trinajstić information content (AvgIpc) is 2.34. The zero-order valence-corrected chi connectivity index (χ0v) is 9.60. The minimum atomic E-state index is -0.574. The molecular weight excluding hydrogens is 234 g/mol. The first kappa shape index (κ1) is 12.3. The van der Waals surface area contributed by atoms with E-state index in [1.807, 2.05) is 24.3 Å². The number of aromatic nitrogens is 1. The summed E-state index contributed by atoms with van der Waals surface area (Å²) in [6.07, 6.45) is 0. The second-order valence-electron chi connectivity index (χ2n) is 3.79. The molecule has 4 N–H and O–H groups in total. The predicted octanol–water partition coefficient (Wildman–Crippen LogP) is 0.0346. The van der Waals surface area contributed by atoms with Crippen molar-refractivity contribution in [2.75, 3.05) is 6.61 Å². The number of hydroxylamine groups is 1. The van der Waals surface area contributed by atoms with Crippen LogP contribution < -0.4 is 16.8 Å². The van der Waals surface area contributed by atoms with E-state index in [1.54, 1.807) is 6.07 Å². The van der Waals surface area contributed by atoms with Gasteiger partial charge in [-0.05, 0) is 17.5 Å². The van der Waals surface area contributed by atoms with Crippen molar-refractivity contribution in [1.82, 2.24) is 10.5 Å². The number of carbonyl (C=O) groups is 1. The highest BCUT2D eigenvalue weighted by Crippen LogP contribution is 2.09. The third-order valence-electron chi connectivity index (χ3n) is 2.41. The van der Waals surface area contributed by atoms with Crippen LogP contribution in [-0.4, -0.2) is 17.5 Å². The van der Waals surface area contributed by atoms with Gasteiger partial charge in [0, 0.05) is 11.1 Å². The molecule has 2 aromatic rings. The number of carbonyl (C=O) groups excluding carboxylic acids is 1. The smallest absolute Gasteiger partial charge is 0.253 e. The summed E-state index contributed by atoms with van der Waals surface area (Å²) in [6, 6.07) is 9.25. The van der Waals surface area contributed by atoms with Crippen LogP contribution in [0.25, 0.3) is 10.9 Å². The molecule has 6 nitrogen and oxygen atoms in total. The number of hydrogen-bond donors (Lipinski definition) is 3. The molecule has 0 aliphatic carbocycles. The number of nitrogens with one attached hydrogen (secondary N) is 2. The van der Waals surface area contributed by atoms with E-state index in [0.29, 0.717) is 5.56 Å². The Morgan fingerprint density at radius 2 is 2.17 bits per heavy atom. The Bertz CT molecular complexity index is 621. The summed E-state index contributed by atoms with van der Waals surface area (Å²) in [7, 11) is 0.